The molecular formula is C51H36N4S2. The number of fused-ring (bicyclic) bond motifs is 9. The molecule has 272 valence electrons. The van der Waals surface area contributed by atoms with Gasteiger partial charge in [-0.05, 0) is 64.2 Å². The highest BCUT2D eigenvalue weighted by Crippen LogP contribution is 2.52. The van der Waals surface area contributed by atoms with Crippen LogP contribution in [0.2, 0.25) is 0 Å². The first kappa shape index (κ1) is 32.9. The minimum atomic E-state index is -0.214. The normalized spacial score (nSPS) is 19.9. The van der Waals surface area contributed by atoms with E-state index in [-0.39, 0.29) is 18.4 Å². The van der Waals surface area contributed by atoms with Gasteiger partial charge in [0.15, 0.2) is 0 Å². The summed E-state index contributed by atoms with van der Waals surface area (Å²) < 4.78 is 5.25. The van der Waals surface area contributed by atoms with Crippen LogP contribution in [0, 0.1) is 0 Å². The number of allylic oxidation sites excluding steroid dienone is 2. The molecule has 57 heavy (non-hydrogen) atoms. The largest absolute Gasteiger partial charge is 0.350 e. The topological polar surface area (TPSA) is 39.7 Å². The molecular weight excluding hydrogens is 733 g/mol. The van der Waals surface area contributed by atoms with Gasteiger partial charge in [-0.25, -0.2) is 4.99 Å². The smallest absolute Gasteiger partial charge is 0.131 e. The van der Waals surface area contributed by atoms with Crippen molar-refractivity contribution in [2.75, 3.05) is 4.90 Å². The van der Waals surface area contributed by atoms with Crippen LogP contribution >= 0.6 is 22.7 Å². The molecule has 0 spiro atoms. The molecule has 0 bridgehead atoms. The Morgan fingerprint density at radius 3 is 2.12 bits per heavy atom. The van der Waals surface area contributed by atoms with Crippen molar-refractivity contribution in [3.05, 3.63) is 204 Å². The summed E-state index contributed by atoms with van der Waals surface area (Å²) in [5.74, 6) is 1.25. The fraction of sp³-hybridized carbons (Fsp3) is 0.0784. The number of para-hydroxylation sites is 1. The molecule has 0 radical (unpaired) electrons. The Labute approximate surface area is 338 Å². The average molecular weight is 769 g/mol. The van der Waals surface area contributed by atoms with Gasteiger partial charge in [0, 0.05) is 52.8 Å². The molecule has 0 amide bonds. The van der Waals surface area contributed by atoms with Crippen molar-refractivity contribution in [1.29, 1.82) is 0 Å². The number of hydrogen-bond acceptors (Lipinski definition) is 6. The molecule has 4 nitrogen and oxygen atoms in total. The lowest BCUT2D eigenvalue weighted by Crippen LogP contribution is -2.44. The number of rotatable bonds is 5. The highest BCUT2D eigenvalue weighted by molar-refractivity contribution is 7.27. The number of amidine groups is 1. The number of thiophene rings is 2. The monoisotopic (exact) mass is 768 g/mol. The first-order chi connectivity index (χ1) is 28.2. The van der Waals surface area contributed by atoms with E-state index in [1.165, 1.54) is 74.0 Å². The van der Waals surface area contributed by atoms with Crippen LogP contribution in [0.1, 0.15) is 40.5 Å². The van der Waals surface area contributed by atoms with E-state index >= 15 is 0 Å². The summed E-state index contributed by atoms with van der Waals surface area (Å²) in [6, 6.07) is 57.8. The van der Waals surface area contributed by atoms with Crippen LogP contribution in [0.5, 0.6) is 0 Å². The summed E-state index contributed by atoms with van der Waals surface area (Å²) in [4.78, 5) is 7.82. The van der Waals surface area contributed by atoms with Gasteiger partial charge < -0.3 is 10.2 Å². The van der Waals surface area contributed by atoms with E-state index in [1.54, 1.807) is 0 Å². The summed E-state index contributed by atoms with van der Waals surface area (Å²) in [5.41, 5.74) is 9.92. The van der Waals surface area contributed by atoms with Crippen molar-refractivity contribution < 1.29 is 0 Å². The lowest BCUT2D eigenvalue weighted by Gasteiger charge is -2.32. The Balaban J connectivity index is 0.964. The summed E-state index contributed by atoms with van der Waals surface area (Å²) in [6.45, 7) is 0. The molecule has 12 rings (SSSR count). The van der Waals surface area contributed by atoms with E-state index in [2.05, 4.69) is 191 Å². The second kappa shape index (κ2) is 13.1. The van der Waals surface area contributed by atoms with Crippen LogP contribution in [-0.2, 0) is 0 Å². The quantitative estimate of drug-likeness (QED) is 0.183. The summed E-state index contributed by atoms with van der Waals surface area (Å²) in [7, 11) is 0. The molecule has 2 aliphatic heterocycles. The Bertz CT molecular complexity index is 3120. The molecule has 0 saturated carbocycles. The van der Waals surface area contributed by atoms with Crippen LogP contribution in [0.4, 0.5) is 11.4 Å². The fourth-order valence-corrected chi connectivity index (χ4v) is 11.6. The van der Waals surface area contributed by atoms with E-state index in [0.29, 0.717) is 5.92 Å². The third-order valence-electron chi connectivity index (χ3n) is 11.9. The van der Waals surface area contributed by atoms with Crippen LogP contribution in [-0.4, -0.2) is 11.9 Å². The minimum absolute atomic E-state index is 0.0784. The van der Waals surface area contributed by atoms with Crippen molar-refractivity contribution in [2.24, 2.45) is 4.99 Å². The van der Waals surface area contributed by atoms with E-state index in [9.17, 15) is 0 Å². The maximum absolute atomic E-state index is 5.25. The second-order valence-corrected chi connectivity index (χ2v) is 17.2. The second-order valence-electron chi connectivity index (χ2n) is 15.1. The predicted molar refractivity (Wildman–Crippen MR) is 242 cm³/mol. The van der Waals surface area contributed by atoms with Crippen molar-refractivity contribution >= 4 is 80.2 Å². The summed E-state index contributed by atoms with van der Waals surface area (Å²) in [5, 5.41) is 12.6. The van der Waals surface area contributed by atoms with E-state index < -0.39 is 0 Å². The third kappa shape index (κ3) is 5.32. The first-order valence-corrected chi connectivity index (χ1v) is 21.2. The first-order valence-electron chi connectivity index (χ1n) is 19.6. The summed E-state index contributed by atoms with van der Waals surface area (Å²) in [6.07, 6.45) is 8.84. The van der Waals surface area contributed by atoms with Gasteiger partial charge in [-0.3, -0.25) is 5.32 Å². The highest BCUT2D eigenvalue weighted by atomic mass is 32.1. The number of nitrogens with one attached hydrogen (secondary N) is 2. The molecule has 9 aromatic rings. The van der Waals surface area contributed by atoms with Gasteiger partial charge in [-0.15, -0.1) is 22.7 Å². The molecule has 4 heterocycles. The van der Waals surface area contributed by atoms with Gasteiger partial charge in [0.25, 0.3) is 0 Å². The zero-order valence-corrected chi connectivity index (χ0v) is 32.5. The molecule has 1 aliphatic carbocycles. The summed E-state index contributed by atoms with van der Waals surface area (Å²) >= 11 is 3.79. The van der Waals surface area contributed by atoms with Gasteiger partial charge in [-0.2, -0.15) is 0 Å². The van der Waals surface area contributed by atoms with Gasteiger partial charge >= 0.3 is 0 Å². The predicted octanol–water partition coefficient (Wildman–Crippen LogP) is 13.2. The molecule has 2 aromatic heterocycles. The average Bonchev–Trinajstić information content (AvgIpc) is 3.96. The number of anilines is 2. The molecule has 7 aromatic carbocycles. The van der Waals surface area contributed by atoms with E-state index in [4.69, 9.17) is 4.99 Å². The Kier molecular flexibility index (Phi) is 7.58. The zero-order chi connectivity index (χ0) is 37.5. The molecule has 0 saturated heterocycles. The number of hydrogen-bond donors (Lipinski definition) is 2. The van der Waals surface area contributed by atoms with Crippen molar-refractivity contribution in [2.45, 2.75) is 24.3 Å². The fourth-order valence-electron chi connectivity index (χ4n) is 9.21. The lowest BCUT2D eigenvalue weighted by atomic mass is 9.91. The molecule has 0 fully saturated rings. The molecule has 4 atom stereocenters. The molecule has 6 heteroatoms. The van der Waals surface area contributed by atoms with Crippen LogP contribution in [0.3, 0.4) is 0 Å². The van der Waals surface area contributed by atoms with E-state index in [1.807, 2.05) is 28.7 Å². The molecule has 4 unspecified atom stereocenters. The van der Waals surface area contributed by atoms with Crippen LogP contribution < -0.4 is 15.5 Å². The zero-order valence-electron chi connectivity index (χ0n) is 30.8. The van der Waals surface area contributed by atoms with Gasteiger partial charge in [0.2, 0.25) is 0 Å². The Morgan fingerprint density at radius 2 is 1.25 bits per heavy atom. The maximum atomic E-state index is 5.25. The molecule has 3 aliphatic rings. The standard InChI is InChI=1S/C51H36N4S2/c1-3-13-31(14-4-1)49-52-50(32-15-5-2-6-16-32)54-51(53-49)34-26-28-46-41(30-34)40-29-33(25-27-45(40)56-46)35-19-11-20-38-39-21-12-24-44(48(39)57-47(35)38)55-42-22-9-7-17-36(42)37-18-8-10-23-43(37)55/h1-30,36,42,49,51,53H,(H,52,54). The van der Waals surface area contributed by atoms with Gasteiger partial charge in [0.05, 0.1) is 16.4 Å². The van der Waals surface area contributed by atoms with Crippen molar-refractivity contribution in [3.8, 4) is 11.1 Å². The Hall–Kier alpha value is -6.31. The SMILES string of the molecule is C1=CC2c3ccccc3N(c3cccc4c3sc3c(-c5ccc6sc7ccc(C8N=C(c9ccccc9)NC(c9ccccc9)N8)cc7c6c5)cccc34)C2C=C1. The number of aliphatic imine (C=N–C) groups is 1. The minimum Gasteiger partial charge on any atom is -0.350 e. The van der Waals surface area contributed by atoms with E-state index in [0.717, 1.165) is 17.0 Å². The Morgan fingerprint density at radius 1 is 0.526 bits per heavy atom. The highest BCUT2D eigenvalue weighted by Gasteiger charge is 2.38. The molecule has 2 N–H and O–H groups in total. The van der Waals surface area contributed by atoms with Crippen LogP contribution in [0.15, 0.2) is 187 Å². The maximum Gasteiger partial charge on any atom is 0.131 e. The van der Waals surface area contributed by atoms with Gasteiger partial charge in [-0.1, -0.05) is 146 Å². The van der Waals surface area contributed by atoms with Gasteiger partial charge in [0.1, 0.15) is 18.2 Å². The third-order valence-corrected chi connectivity index (χ3v) is 14.3. The van der Waals surface area contributed by atoms with Crippen molar-refractivity contribution in [3.63, 3.8) is 0 Å². The van der Waals surface area contributed by atoms with Crippen LogP contribution in [0.25, 0.3) is 51.5 Å². The number of nitrogens with zero attached hydrogens (tertiary/aromatic N) is 2. The number of benzene rings is 7. The van der Waals surface area contributed by atoms with Crippen molar-refractivity contribution in [1.82, 2.24) is 10.6 Å². The lowest BCUT2D eigenvalue weighted by molar-refractivity contribution is 0.409.